The number of nitrogens with zero attached hydrogens (tertiary/aromatic N) is 4. The van der Waals surface area contributed by atoms with Gasteiger partial charge in [-0.05, 0) is 51.8 Å². The fraction of sp³-hybridized carbons (Fsp3) is 0.333. The molecule has 0 aliphatic heterocycles. The van der Waals surface area contributed by atoms with Crippen LogP contribution in [0.2, 0.25) is 5.02 Å². The van der Waals surface area contributed by atoms with Gasteiger partial charge in [-0.1, -0.05) is 24.6 Å². The molecule has 8 heteroatoms. The fourth-order valence-electron chi connectivity index (χ4n) is 1.76. The predicted octanol–water partition coefficient (Wildman–Crippen LogP) is 2.97. The molecule has 6 nitrogen and oxygen atoms in total. The first-order valence-electron chi connectivity index (χ1n) is 5.88. The van der Waals surface area contributed by atoms with Crippen molar-refractivity contribution in [3.05, 3.63) is 27.7 Å². The quantitative estimate of drug-likeness (QED) is 0.907. The van der Waals surface area contributed by atoms with E-state index in [1.807, 2.05) is 0 Å². The van der Waals surface area contributed by atoms with Gasteiger partial charge in [-0.15, -0.1) is 5.10 Å². The van der Waals surface area contributed by atoms with Crippen LogP contribution in [-0.2, 0) is 10.3 Å². The van der Waals surface area contributed by atoms with E-state index in [2.05, 4.69) is 31.5 Å². The van der Waals surface area contributed by atoms with Gasteiger partial charge in [-0.3, -0.25) is 0 Å². The van der Waals surface area contributed by atoms with Crippen molar-refractivity contribution in [2.45, 2.75) is 25.8 Å². The highest BCUT2D eigenvalue weighted by Gasteiger charge is 2.37. The minimum absolute atomic E-state index is 0.322. The maximum absolute atomic E-state index is 11.5. The Morgan fingerprint density at radius 2 is 2.25 bits per heavy atom. The first-order chi connectivity index (χ1) is 9.41. The molecule has 0 radical (unpaired) electrons. The summed E-state index contributed by atoms with van der Waals surface area (Å²) in [5.74, 6) is -0.678. The van der Waals surface area contributed by atoms with Crippen LogP contribution in [0.15, 0.2) is 22.7 Å². The second-order valence-corrected chi connectivity index (χ2v) is 5.68. The molecule has 1 aromatic heterocycles. The Balaban J connectivity index is 2.65. The molecule has 1 N–H and O–H groups in total. The number of hydrogen-bond acceptors (Lipinski definition) is 4. The molecule has 0 saturated carbocycles. The van der Waals surface area contributed by atoms with Crippen LogP contribution in [0.25, 0.3) is 11.4 Å². The normalized spacial score (nSPS) is 14.0. The number of tetrazole rings is 1. The number of carboxylic acid groups (broad SMARTS) is 1. The third-order valence-corrected chi connectivity index (χ3v) is 4.57. The van der Waals surface area contributed by atoms with E-state index in [0.29, 0.717) is 27.3 Å². The summed E-state index contributed by atoms with van der Waals surface area (Å²) < 4.78 is 1.99. The van der Waals surface area contributed by atoms with E-state index in [9.17, 15) is 9.90 Å². The number of aromatic nitrogens is 4. The standard InChI is InChI=1S/C12H12BrClN4O2/c1-3-12(2,11(19)20)18-10(15-16-17-18)7-5-4-6-8(13)9(7)14/h4-6H,3H2,1-2H3,(H,19,20). The molecule has 1 heterocycles. The molecular formula is C12H12BrClN4O2. The van der Waals surface area contributed by atoms with E-state index in [1.165, 1.54) is 4.68 Å². The third kappa shape index (κ3) is 2.31. The van der Waals surface area contributed by atoms with E-state index < -0.39 is 11.5 Å². The number of rotatable bonds is 4. The number of benzene rings is 1. The van der Waals surface area contributed by atoms with Crippen LogP contribution in [-0.4, -0.2) is 31.3 Å². The molecule has 0 saturated heterocycles. The average molecular weight is 360 g/mol. The number of hydrogen-bond donors (Lipinski definition) is 1. The van der Waals surface area contributed by atoms with E-state index >= 15 is 0 Å². The van der Waals surface area contributed by atoms with Crippen molar-refractivity contribution < 1.29 is 9.90 Å². The van der Waals surface area contributed by atoms with Crippen molar-refractivity contribution >= 4 is 33.5 Å². The molecule has 0 aliphatic carbocycles. The topological polar surface area (TPSA) is 80.9 Å². The molecule has 1 atom stereocenters. The third-order valence-electron chi connectivity index (χ3n) is 3.28. The monoisotopic (exact) mass is 358 g/mol. The van der Waals surface area contributed by atoms with Crippen LogP contribution in [0.5, 0.6) is 0 Å². The Morgan fingerprint density at radius 3 is 2.85 bits per heavy atom. The van der Waals surface area contributed by atoms with E-state index in [1.54, 1.807) is 32.0 Å². The van der Waals surface area contributed by atoms with Gasteiger partial charge >= 0.3 is 5.97 Å². The Labute approximate surface area is 128 Å². The summed E-state index contributed by atoms with van der Waals surface area (Å²) in [5.41, 5.74) is -0.656. The summed E-state index contributed by atoms with van der Waals surface area (Å²) in [6.45, 7) is 3.34. The van der Waals surface area contributed by atoms with Crippen LogP contribution in [0, 0.1) is 0 Å². The van der Waals surface area contributed by atoms with Gasteiger partial charge in [0, 0.05) is 10.0 Å². The maximum Gasteiger partial charge on any atom is 0.331 e. The summed E-state index contributed by atoms with van der Waals surface area (Å²) in [5, 5.41) is 21.2. The zero-order valence-electron chi connectivity index (χ0n) is 10.8. The van der Waals surface area contributed by atoms with Crippen molar-refractivity contribution in [1.82, 2.24) is 20.2 Å². The molecular weight excluding hydrogens is 348 g/mol. The number of carboxylic acids is 1. The molecule has 1 aromatic carbocycles. The summed E-state index contributed by atoms with van der Waals surface area (Å²) in [6.07, 6.45) is 0.339. The van der Waals surface area contributed by atoms with Gasteiger partial charge in [0.1, 0.15) is 0 Å². The molecule has 0 aliphatic rings. The molecule has 106 valence electrons. The van der Waals surface area contributed by atoms with Gasteiger partial charge in [0.15, 0.2) is 11.4 Å². The van der Waals surface area contributed by atoms with Crippen molar-refractivity contribution in [3.63, 3.8) is 0 Å². The molecule has 0 spiro atoms. The molecule has 20 heavy (non-hydrogen) atoms. The second-order valence-electron chi connectivity index (χ2n) is 4.45. The predicted molar refractivity (Wildman–Crippen MR) is 77.5 cm³/mol. The second kappa shape index (κ2) is 5.49. The van der Waals surface area contributed by atoms with Crippen molar-refractivity contribution in [2.75, 3.05) is 0 Å². The zero-order valence-corrected chi connectivity index (χ0v) is 13.2. The summed E-state index contributed by atoms with van der Waals surface area (Å²) in [7, 11) is 0. The van der Waals surface area contributed by atoms with Gasteiger partial charge in [-0.25, -0.2) is 9.48 Å². The summed E-state index contributed by atoms with van der Waals surface area (Å²) >= 11 is 9.55. The zero-order chi connectivity index (χ0) is 14.9. The van der Waals surface area contributed by atoms with Gasteiger partial charge in [-0.2, -0.15) is 0 Å². The van der Waals surface area contributed by atoms with Gasteiger partial charge < -0.3 is 5.11 Å². The van der Waals surface area contributed by atoms with Crippen LogP contribution in [0.4, 0.5) is 0 Å². The van der Waals surface area contributed by atoms with Gasteiger partial charge in [0.25, 0.3) is 0 Å². The Hall–Kier alpha value is -1.47. The fourth-order valence-corrected chi connectivity index (χ4v) is 2.33. The highest BCUT2D eigenvalue weighted by molar-refractivity contribution is 9.10. The number of halogens is 2. The molecule has 0 bridgehead atoms. The lowest BCUT2D eigenvalue weighted by molar-refractivity contribution is -0.147. The van der Waals surface area contributed by atoms with Crippen molar-refractivity contribution in [1.29, 1.82) is 0 Å². The smallest absolute Gasteiger partial charge is 0.331 e. The van der Waals surface area contributed by atoms with Crippen molar-refractivity contribution in [3.8, 4) is 11.4 Å². The minimum atomic E-state index is -1.23. The lowest BCUT2D eigenvalue weighted by atomic mass is 9.99. The van der Waals surface area contributed by atoms with Crippen LogP contribution >= 0.6 is 27.5 Å². The van der Waals surface area contributed by atoms with Crippen LogP contribution < -0.4 is 0 Å². The number of carbonyl (C=O) groups is 1. The Bertz CT molecular complexity index is 661. The van der Waals surface area contributed by atoms with Gasteiger partial charge in [0.05, 0.1) is 5.02 Å². The van der Waals surface area contributed by atoms with E-state index in [0.717, 1.165) is 0 Å². The first-order valence-corrected chi connectivity index (χ1v) is 7.05. The van der Waals surface area contributed by atoms with Crippen LogP contribution in [0.1, 0.15) is 20.3 Å². The Morgan fingerprint density at radius 1 is 1.55 bits per heavy atom. The average Bonchev–Trinajstić information content (AvgIpc) is 2.90. The lowest BCUT2D eigenvalue weighted by Crippen LogP contribution is -2.39. The summed E-state index contributed by atoms with van der Waals surface area (Å²) in [4.78, 5) is 11.5. The molecule has 2 aromatic rings. The SMILES string of the molecule is CCC(C)(C(=O)O)n1nnnc1-c1cccc(Br)c1Cl. The van der Waals surface area contributed by atoms with Gasteiger partial charge in [0.2, 0.25) is 0 Å². The largest absolute Gasteiger partial charge is 0.479 e. The van der Waals surface area contributed by atoms with E-state index in [-0.39, 0.29) is 0 Å². The van der Waals surface area contributed by atoms with Crippen molar-refractivity contribution in [2.24, 2.45) is 0 Å². The highest BCUT2D eigenvalue weighted by atomic mass is 79.9. The lowest BCUT2D eigenvalue weighted by Gasteiger charge is -2.24. The molecule has 1 unspecified atom stereocenters. The molecule has 0 fully saturated rings. The molecule has 2 rings (SSSR count). The summed E-state index contributed by atoms with van der Waals surface area (Å²) in [6, 6.07) is 5.32. The first kappa shape index (κ1) is 14.9. The van der Waals surface area contributed by atoms with E-state index in [4.69, 9.17) is 11.6 Å². The maximum atomic E-state index is 11.5. The number of aliphatic carboxylic acids is 1. The van der Waals surface area contributed by atoms with Crippen LogP contribution in [0.3, 0.4) is 0 Å². The molecule has 0 amide bonds. The minimum Gasteiger partial charge on any atom is -0.479 e. The Kier molecular flexibility index (Phi) is 4.10. The highest BCUT2D eigenvalue weighted by Crippen LogP contribution is 2.34.